The average Bonchev–Trinajstić information content (AvgIpc) is 2.09. The van der Waals surface area contributed by atoms with Gasteiger partial charge in [-0.05, 0) is 47.5 Å². The molecule has 0 aromatic carbocycles. The molecule has 104 valence electrons. The van der Waals surface area contributed by atoms with Gasteiger partial charge >= 0.3 is 0 Å². The third kappa shape index (κ3) is 7.77. The Bertz CT molecular complexity index is 194. The van der Waals surface area contributed by atoms with Gasteiger partial charge in [0.05, 0.1) is 11.2 Å². The van der Waals surface area contributed by atoms with Gasteiger partial charge in [0.25, 0.3) is 0 Å². The second-order valence-electron chi connectivity index (χ2n) is 7.07. The fourth-order valence-electron chi connectivity index (χ4n) is 1.58. The number of ether oxygens (including phenoxy) is 2. The molecule has 2 nitrogen and oxygen atoms in total. The summed E-state index contributed by atoms with van der Waals surface area (Å²) in [7, 11) is 0. The van der Waals surface area contributed by atoms with Crippen LogP contribution in [-0.4, -0.2) is 17.5 Å². The van der Waals surface area contributed by atoms with Crippen molar-refractivity contribution in [3.63, 3.8) is 0 Å². The zero-order valence-corrected chi connectivity index (χ0v) is 13.3. The predicted octanol–water partition coefficient (Wildman–Crippen LogP) is 4.62. The van der Waals surface area contributed by atoms with Crippen LogP contribution >= 0.6 is 0 Å². The maximum atomic E-state index is 6.08. The van der Waals surface area contributed by atoms with E-state index in [4.69, 9.17) is 9.47 Å². The van der Waals surface area contributed by atoms with E-state index >= 15 is 0 Å². The summed E-state index contributed by atoms with van der Waals surface area (Å²) in [4.78, 5) is 0. The SMILES string of the molecule is CCC(C)C(C)C(OC(C)(C)C)OC(C)(C)C. The van der Waals surface area contributed by atoms with Crippen LogP contribution in [0.15, 0.2) is 0 Å². The highest BCUT2D eigenvalue weighted by atomic mass is 16.7. The molecular formula is C15H32O2. The summed E-state index contributed by atoms with van der Waals surface area (Å²) >= 11 is 0. The molecule has 0 N–H and O–H groups in total. The zero-order valence-electron chi connectivity index (χ0n) is 13.3. The van der Waals surface area contributed by atoms with Crippen molar-refractivity contribution in [2.45, 2.75) is 86.2 Å². The fraction of sp³-hybridized carbons (Fsp3) is 1.00. The molecule has 0 bridgehead atoms. The smallest absolute Gasteiger partial charge is 0.161 e. The third-order valence-electron chi connectivity index (χ3n) is 2.91. The average molecular weight is 244 g/mol. The van der Waals surface area contributed by atoms with E-state index in [-0.39, 0.29) is 17.5 Å². The predicted molar refractivity (Wildman–Crippen MR) is 74.1 cm³/mol. The molecule has 0 aliphatic rings. The molecule has 0 aliphatic heterocycles. The van der Waals surface area contributed by atoms with Gasteiger partial charge in [-0.25, -0.2) is 0 Å². The number of rotatable bonds is 5. The Morgan fingerprint density at radius 1 is 0.824 bits per heavy atom. The van der Waals surface area contributed by atoms with E-state index in [0.29, 0.717) is 11.8 Å². The van der Waals surface area contributed by atoms with Crippen LogP contribution in [0.1, 0.15) is 68.7 Å². The first-order chi connectivity index (χ1) is 7.46. The van der Waals surface area contributed by atoms with Crippen LogP contribution in [0.4, 0.5) is 0 Å². The summed E-state index contributed by atoms with van der Waals surface area (Å²) in [6.07, 6.45) is 1.02. The van der Waals surface area contributed by atoms with E-state index in [1.54, 1.807) is 0 Å². The van der Waals surface area contributed by atoms with Gasteiger partial charge in [-0.15, -0.1) is 0 Å². The Labute approximate surface area is 108 Å². The lowest BCUT2D eigenvalue weighted by Gasteiger charge is -2.37. The van der Waals surface area contributed by atoms with Crippen molar-refractivity contribution in [2.24, 2.45) is 11.8 Å². The van der Waals surface area contributed by atoms with Gasteiger partial charge in [-0.3, -0.25) is 0 Å². The standard InChI is InChI=1S/C15H32O2/c1-10-11(2)12(3)13(16-14(4,5)6)17-15(7,8)9/h11-13H,10H2,1-9H3. The van der Waals surface area contributed by atoms with Crippen LogP contribution in [0.25, 0.3) is 0 Å². The first-order valence-corrected chi connectivity index (χ1v) is 6.82. The van der Waals surface area contributed by atoms with E-state index in [1.165, 1.54) is 0 Å². The molecule has 2 heteroatoms. The highest BCUT2D eigenvalue weighted by Gasteiger charge is 2.31. The molecule has 0 aliphatic carbocycles. The molecule has 0 aromatic rings. The molecule has 0 rings (SSSR count). The molecule has 0 aromatic heterocycles. The second-order valence-corrected chi connectivity index (χ2v) is 7.07. The van der Waals surface area contributed by atoms with Gasteiger partial charge in [0.1, 0.15) is 0 Å². The van der Waals surface area contributed by atoms with Crippen LogP contribution in [0, 0.1) is 11.8 Å². The molecule has 0 heterocycles. The second kappa shape index (κ2) is 6.19. The maximum absolute atomic E-state index is 6.08. The van der Waals surface area contributed by atoms with Crippen LogP contribution in [0.2, 0.25) is 0 Å². The first kappa shape index (κ1) is 16.9. The Balaban J connectivity index is 4.73. The third-order valence-corrected chi connectivity index (χ3v) is 2.91. The lowest BCUT2D eigenvalue weighted by atomic mass is 9.92. The van der Waals surface area contributed by atoms with Crippen molar-refractivity contribution in [1.29, 1.82) is 0 Å². The van der Waals surface area contributed by atoms with Gasteiger partial charge in [-0.1, -0.05) is 27.2 Å². The van der Waals surface area contributed by atoms with Crippen molar-refractivity contribution >= 4 is 0 Å². The topological polar surface area (TPSA) is 18.5 Å². The van der Waals surface area contributed by atoms with E-state index in [0.717, 1.165) is 6.42 Å². The molecule has 2 atom stereocenters. The minimum absolute atomic E-state index is 0.134. The Kier molecular flexibility index (Phi) is 6.16. The minimum Gasteiger partial charge on any atom is -0.347 e. The largest absolute Gasteiger partial charge is 0.347 e. The highest BCUT2D eigenvalue weighted by molar-refractivity contribution is 4.72. The van der Waals surface area contributed by atoms with Crippen molar-refractivity contribution in [1.82, 2.24) is 0 Å². The summed E-state index contributed by atoms with van der Waals surface area (Å²) < 4.78 is 12.2. The molecule has 0 spiro atoms. The van der Waals surface area contributed by atoms with E-state index in [9.17, 15) is 0 Å². The molecule has 17 heavy (non-hydrogen) atoms. The first-order valence-electron chi connectivity index (χ1n) is 6.82. The molecule has 0 radical (unpaired) electrons. The van der Waals surface area contributed by atoms with Gasteiger partial charge in [0.2, 0.25) is 0 Å². The van der Waals surface area contributed by atoms with Crippen LogP contribution < -0.4 is 0 Å². The summed E-state index contributed by atoms with van der Waals surface area (Å²) in [5.74, 6) is 1.00. The number of hydrogen-bond donors (Lipinski definition) is 0. The van der Waals surface area contributed by atoms with Gasteiger partial charge in [-0.2, -0.15) is 0 Å². The molecule has 2 unspecified atom stereocenters. The van der Waals surface area contributed by atoms with Crippen LogP contribution in [-0.2, 0) is 9.47 Å². The highest BCUT2D eigenvalue weighted by Crippen LogP contribution is 2.28. The fourth-order valence-corrected chi connectivity index (χ4v) is 1.58. The molecular weight excluding hydrogens is 212 g/mol. The van der Waals surface area contributed by atoms with Crippen molar-refractivity contribution in [3.8, 4) is 0 Å². The summed E-state index contributed by atoms with van der Waals surface area (Å²) in [5, 5.41) is 0. The van der Waals surface area contributed by atoms with E-state index in [2.05, 4.69) is 62.3 Å². The zero-order chi connectivity index (χ0) is 13.9. The van der Waals surface area contributed by atoms with Crippen LogP contribution in [0.3, 0.4) is 0 Å². The van der Waals surface area contributed by atoms with Crippen molar-refractivity contribution in [2.75, 3.05) is 0 Å². The Hall–Kier alpha value is -0.0800. The van der Waals surface area contributed by atoms with Gasteiger partial charge in [0.15, 0.2) is 6.29 Å². The quantitative estimate of drug-likeness (QED) is 0.657. The summed E-state index contributed by atoms with van der Waals surface area (Å²) in [6, 6.07) is 0. The molecule has 0 amide bonds. The molecule has 0 saturated carbocycles. The van der Waals surface area contributed by atoms with E-state index in [1.807, 2.05) is 0 Å². The van der Waals surface area contributed by atoms with Gasteiger partial charge in [0, 0.05) is 5.92 Å². The lowest BCUT2D eigenvalue weighted by molar-refractivity contribution is -0.258. The Morgan fingerprint density at radius 3 is 1.41 bits per heavy atom. The lowest BCUT2D eigenvalue weighted by Crippen LogP contribution is -2.40. The van der Waals surface area contributed by atoms with E-state index < -0.39 is 0 Å². The normalized spacial score (nSPS) is 17.3. The summed E-state index contributed by atoms with van der Waals surface area (Å²) in [6.45, 7) is 19.2. The summed E-state index contributed by atoms with van der Waals surface area (Å²) in [5.41, 5.74) is -0.338. The van der Waals surface area contributed by atoms with Crippen LogP contribution in [0.5, 0.6) is 0 Å². The monoisotopic (exact) mass is 244 g/mol. The molecule has 0 saturated heterocycles. The Morgan fingerprint density at radius 2 is 1.18 bits per heavy atom. The van der Waals surface area contributed by atoms with Gasteiger partial charge < -0.3 is 9.47 Å². The van der Waals surface area contributed by atoms with Crippen molar-refractivity contribution < 1.29 is 9.47 Å². The van der Waals surface area contributed by atoms with Crippen molar-refractivity contribution in [3.05, 3.63) is 0 Å². The number of hydrogen-bond acceptors (Lipinski definition) is 2. The molecule has 0 fully saturated rings. The minimum atomic E-state index is -0.169. The maximum Gasteiger partial charge on any atom is 0.161 e.